The number of hydrogen-bond acceptors (Lipinski definition) is 2. The molecule has 0 N–H and O–H groups in total. The van der Waals surface area contributed by atoms with E-state index in [4.69, 9.17) is 0 Å². The van der Waals surface area contributed by atoms with Crippen molar-refractivity contribution in [3.63, 3.8) is 0 Å². The Labute approximate surface area is 94.5 Å². The zero-order valence-corrected chi connectivity index (χ0v) is 10.3. The Bertz CT molecular complexity index is 431. The van der Waals surface area contributed by atoms with Crippen LogP contribution in [0.4, 0.5) is 0 Å². The van der Waals surface area contributed by atoms with E-state index in [0.29, 0.717) is 0 Å². The van der Waals surface area contributed by atoms with Crippen molar-refractivity contribution >= 4 is 56.6 Å². The van der Waals surface area contributed by atoms with Crippen molar-refractivity contribution < 1.29 is 0 Å². The molecule has 0 saturated carbocycles. The maximum Gasteiger partial charge on any atom is 0.0367 e. The summed E-state index contributed by atoms with van der Waals surface area (Å²) in [7, 11) is 0. The van der Waals surface area contributed by atoms with E-state index in [1.807, 2.05) is 0 Å². The summed E-state index contributed by atoms with van der Waals surface area (Å²) in [5.41, 5.74) is 1.33. The summed E-state index contributed by atoms with van der Waals surface area (Å²) < 4.78 is 2.59. The number of halogens is 1. The maximum atomic E-state index is 4.46. The number of fused-ring (bicyclic) bond motifs is 1. The molecule has 0 amide bonds. The lowest BCUT2D eigenvalue weighted by Crippen LogP contribution is -1.74. The van der Waals surface area contributed by atoms with E-state index in [0.717, 1.165) is 4.90 Å². The van der Waals surface area contributed by atoms with E-state index in [1.165, 1.54) is 19.2 Å². The van der Waals surface area contributed by atoms with Gasteiger partial charge in [-0.2, -0.15) is 0 Å². The largest absolute Gasteiger partial charge is 0.143 e. The van der Waals surface area contributed by atoms with Gasteiger partial charge >= 0.3 is 0 Å². The van der Waals surface area contributed by atoms with Crippen LogP contribution in [-0.2, 0) is 0 Å². The summed E-state index contributed by atoms with van der Waals surface area (Å²) in [5.74, 6) is 0. The van der Waals surface area contributed by atoms with Gasteiger partial charge in [-0.25, -0.2) is 0 Å². The molecule has 0 aliphatic rings. The van der Waals surface area contributed by atoms with E-state index in [-0.39, 0.29) is 0 Å². The standard InChI is InChI=1S/C9H7IS2/c1-5-4-12-8-3-6(10)2-7(11)9(5)8/h2-4,11H,1H3. The number of rotatable bonds is 0. The highest BCUT2D eigenvalue weighted by molar-refractivity contribution is 14.1. The highest BCUT2D eigenvalue weighted by Crippen LogP contribution is 2.32. The monoisotopic (exact) mass is 306 g/mol. The van der Waals surface area contributed by atoms with Crippen LogP contribution in [0.2, 0.25) is 0 Å². The van der Waals surface area contributed by atoms with Gasteiger partial charge in [0.15, 0.2) is 0 Å². The first-order valence-electron chi connectivity index (χ1n) is 3.55. The topological polar surface area (TPSA) is 0 Å². The molecule has 1 aromatic carbocycles. The Kier molecular flexibility index (Phi) is 2.35. The van der Waals surface area contributed by atoms with Gasteiger partial charge in [0, 0.05) is 18.6 Å². The Morgan fingerprint density at radius 3 is 2.92 bits per heavy atom. The summed E-state index contributed by atoms with van der Waals surface area (Å²) in [6.45, 7) is 2.13. The minimum Gasteiger partial charge on any atom is -0.143 e. The van der Waals surface area contributed by atoms with Crippen molar-refractivity contribution in [3.8, 4) is 0 Å². The molecule has 0 aliphatic heterocycles. The molecule has 12 heavy (non-hydrogen) atoms. The minimum absolute atomic E-state index is 1.09. The zero-order valence-electron chi connectivity index (χ0n) is 6.47. The van der Waals surface area contributed by atoms with E-state index >= 15 is 0 Å². The summed E-state index contributed by atoms with van der Waals surface area (Å²) in [6.07, 6.45) is 0. The Morgan fingerprint density at radius 2 is 2.17 bits per heavy atom. The second kappa shape index (κ2) is 3.20. The van der Waals surface area contributed by atoms with Crippen LogP contribution in [0.1, 0.15) is 5.56 Å². The van der Waals surface area contributed by atoms with Gasteiger partial charge in [0.1, 0.15) is 0 Å². The predicted molar refractivity (Wildman–Crippen MR) is 66.5 cm³/mol. The van der Waals surface area contributed by atoms with Gasteiger partial charge in [0.2, 0.25) is 0 Å². The Morgan fingerprint density at radius 1 is 1.42 bits per heavy atom. The predicted octanol–water partition coefficient (Wildman–Crippen LogP) is 4.10. The highest BCUT2D eigenvalue weighted by atomic mass is 127. The van der Waals surface area contributed by atoms with Crippen LogP contribution in [0, 0.1) is 10.5 Å². The molecule has 0 nitrogen and oxygen atoms in total. The van der Waals surface area contributed by atoms with Crippen molar-refractivity contribution in [2.45, 2.75) is 11.8 Å². The first-order valence-corrected chi connectivity index (χ1v) is 5.95. The van der Waals surface area contributed by atoms with Gasteiger partial charge < -0.3 is 0 Å². The third-order valence-electron chi connectivity index (χ3n) is 1.80. The fourth-order valence-electron chi connectivity index (χ4n) is 1.27. The fraction of sp³-hybridized carbons (Fsp3) is 0.111. The fourth-order valence-corrected chi connectivity index (χ4v) is 3.87. The third kappa shape index (κ3) is 1.38. The van der Waals surface area contributed by atoms with Crippen LogP contribution in [0.15, 0.2) is 22.4 Å². The molecular weight excluding hydrogens is 299 g/mol. The molecule has 1 aromatic heterocycles. The first-order chi connectivity index (χ1) is 5.68. The van der Waals surface area contributed by atoms with Gasteiger partial charge in [-0.1, -0.05) is 0 Å². The van der Waals surface area contributed by atoms with Gasteiger partial charge in [-0.3, -0.25) is 0 Å². The van der Waals surface area contributed by atoms with Gasteiger partial charge in [-0.15, -0.1) is 24.0 Å². The third-order valence-corrected chi connectivity index (χ3v) is 3.83. The van der Waals surface area contributed by atoms with E-state index in [2.05, 4.69) is 59.7 Å². The van der Waals surface area contributed by atoms with Gasteiger partial charge in [0.05, 0.1) is 0 Å². The lowest BCUT2D eigenvalue weighted by atomic mass is 10.2. The zero-order chi connectivity index (χ0) is 8.72. The number of hydrogen-bond donors (Lipinski definition) is 1. The highest BCUT2D eigenvalue weighted by Gasteiger charge is 2.04. The molecule has 0 aliphatic carbocycles. The maximum absolute atomic E-state index is 4.46. The summed E-state index contributed by atoms with van der Waals surface area (Å²) >= 11 is 8.57. The summed E-state index contributed by atoms with van der Waals surface area (Å²) in [5, 5.41) is 3.49. The van der Waals surface area contributed by atoms with Crippen molar-refractivity contribution in [1.29, 1.82) is 0 Å². The molecule has 62 valence electrons. The first kappa shape index (κ1) is 8.84. The molecule has 0 saturated heterocycles. The summed E-state index contributed by atoms with van der Waals surface area (Å²) in [6, 6.07) is 4.30. The number of thiol groups is 1. The number of benzene rings is 1. The lowest BCUT2D eigenvalue weighted by Gasteiger charge is -1.97. The molecule has 3 heteroatoms. The molecule has 1 heterocycles. The van der Waals surface area contributed by atoms with Gasteiger partial charge in [0.25, 0.3) is 0 Å². The molecule has 0 radical (unpaired) electrons. The smallest absolute Gasteiger partial charge is 0.0367 e. The molecule has 2 rings (SSSR count). The van der Waals surface area contributed by atoms with Crippen LogP contribution in [0.25, 0.3) is 10.1 Å². The van der Waals surface area contributed by atoms with Gasteiger partial charge in [-0.05, 0) is 52.6 Å². The molecular formula is C9H7IS2. The second-order valence-electron chi connectivity index (χ2n) is 2.72. The van der Waals surface area contributed by atoms with Crippen molar-refractivity contribution in [2.75, 3.05) is 0 Å². The SMILES string of the molecule is Cc1csc2cc(I)cc(S)c12. The molecule has 0 unspecified atom stereocenters. The van der Waals surface area contributed by atoms with E-state index < -0.39 is 0 Å². The van der Waals surface area contributed by atoms with E-state index in [1.54, 1.807) is 11.3 Å². The average molecular weight is 306 g/mol. The quantitative estimate of drug-likeness (QED) is 0.550. The molecule has 0 atom stereocenters. The van der Waals surface area contributed by atoms with Crippen LogP contribution in [0.5, 0.6) is 0 Å². The van der Waals surface area contributed by atoms with Crippen molar-refractivity contribution in [2.24, 2.45) is 0 Å². The molecule has 0 bridgehead atoms. The molecule has 0 spiro atoms. The number of thiophene rings is 1. The van der Waals surface area contributed by atoms with E-state index in [9.17, 15) is 0 Å². The van der Waals surface area contributed by atoms with Crippen LogP contribution >= 0.6 is 46.6 Å². The van der Waals surface area contributed by atoms with Crippen molar-refractivity contribution in [3.05, 3.63) is 26.6 Å². The molecule has 2 aromatic rings. The summed E-state index contributed by atoms with van der Waals surface area (Å²) in [4.78, 5) is 1.09. The average Bonchev–Trinajstić information content (AvgIpc) is 2.31. The normalized spacial score (nSPS) is 10.9. The lowest BCUT2D eigenvalue weighted by molar-refractivity contribution is 1.49. The second-order valence-corrected chi connectivity index (χ2v) is 5.36. The number of aryl methyl sites for hydroxylation is 1. The Hall–Kier alpha value is 0.260. The van der Waals surface area contributed by atoms with Crippen LogP contribution in [-0.4, -0.2) is 0 Å². The molecule has 0 fully saturated rings. The van der Waals surface area contributed by atoms with Crippen LogP contribution < -0.4 is 0 Å². The van der Waals surface area contributed by atoms with Crippen molar-refractivity contribution in [1.82, 2.24) is 0 Å². The Balaban J connectivity index is 2.93. The van der Waals surface area contributed by atoms with Crippen LogP contribution in [0.3, 0.4) is 0 Å². The minimum atomic E-state index is 1.09.